The molecule has 0 bridgehead atoms. The van der Waals surface area contributed by atoms with Crippen molar-refractivity contribution in [1.29, 1.82) is 0 Å². The molecular formula is C23H18ClN3O3. The molecule has 30 heavy (non-hydrogen) atoms. The molecule has 1 atom stereocenters. The number of nitrogens with one attached hydrogen (secondary N) is 1. The third-order valence-corrected chi connectivity index (χ3v) is 6.38. The summed E-state index contributed by atoms with van der Waals surface area (Å²) in [5.74, 6) is 1.53. The zero-order valence-electron chi connectivity index (χ0n) is 16.0. The largest absolute Gasteiger partial charge is 0.488 e. The molecule has 7 heteroatoms. The van der Waals surface area contributed by atoms with Gasteiger partial charge in [0.2, 0.25) is 0 Å². The third kappa shape index (κ3) is 2.57. The average Bonchev–Trinajstić information content (AvgIpc) is 3.39. The van der Waals surface area contributed by atoms with E-state index in [1.807, 2.05) is 24.3 Å². The van der Waals surface area contributed by atoms with Gasteiger partial charge < -0.3 is 14.8 Å². The van der Waals surface area contributed by atoms with Gasteiger partial charge in [-0.15, -0.1) is 0 Å². The number of hydrogen-bond donors (Lipinski definition) is 2. The second-order valence-corrected chi connectivity index (χ2v) is 8.31. The van der Waals surface area contributed by atoms with Gasteiger partial charge in [-0.25, -0.2) is 9.78 Å². The Morgan fingerprint density at radius 2 is 2.10 bits per heavy atom. The smallest absolute Gasteiger partial charge is 0.407 e. The Bertz CT molecular complexity index is 1350. The summed E-state index contributed by atoms with van der Waals surface area (Å²) in [7, 11) is 0. The van der Waals surface area contributed by atoms with Crippen LogP contribution in [0.4, 0.5) is 4.79 Å². The van der Waals surface area contributed by atoms with E-state index in [-0.39, 0.29) is 6.04 Å². The molecule has 1 unspecified atom stereocenters. The molecule has 2 aliphatic heterocycles. The lowest BCUT2D eigenvalue weighted by molar-refractivity contribution is 0.139. The van der Waals surface area contributed by atoms with Crippen molar-refractivity contribution in [2.45, 2.75) is 25.5 Å². The van der Waals surface area contributed by atoms with E-state index < -0.39 is 6.09 Å². The van der Waals surface area contributed by atoms with Gasteiger partial charge in [0.05, 0.1) is 17.1 Å². The quantitative estimate of drug-likeness (QED) is 0.412. The lowest BCUT2D eigenvalue weighted by atomic mass is 9.94. The van der Waals surface area contributed by atoms with Crippen molar-refractivity contribution in [3.05, 3.63) is 58.9 Å². The molecule has 1 aromatic heterocycles. The van der Waals surface area contributed by atoms with Crippen LogP contribution in [0.25, 0.3) is 32.9 Å². The second kappa shape index (κ2) is 6.37. The van der Waals surface area contributed by atoms with Crippen molar-refractivity contribution < 1.29 is 14.6 Å². The molecule has 0 aliphatic carbocycles. The molecular weight excluding hydrogens is 402 g/mol. The molecule has 0 spiro atoms. The lowest BCUT2D eigenvalue weighted by Crippen LogP contribution is -2.29. The second-order valence-electron chi connectivity index (χ2n) is 7.88. The first-order valence-electron chi connectivity index (χ1n) is 9.96. The number of ether oxygens (including phenoxy) is 1. The monoisotopic (exact) mass is 419 g/mol. The van der Waals surface area contributed by atoms with Gasteiger partial charge in [0.15, 0.2) is 0 Å². The zero-order valence-corrected chi connectivity index (χ0v) is 16.7. The van der Waals surface area contributed by atoms with Crippen molar-refractivity contribution in [2.24, 2.45) is 0 Å². The zero-order chi connectivity index (χ0) is 20.4. The van der Waals surface area contributed by atoms with Gasteiger partial charge in [-0.05, 0) is 59.7 Å². The number of rotatable bonds is 1. The highest BCUT2D eigenvalue weighted by Crippen LogP contribution is 2.42. The van der Waals surface area contributed by atoms with E-state index in [0.29, 0.717) is 24.0 Å². The summed E-state index contributed by atoms with van der Waals surface area (Å²) in [5, 5.41) is 12.3. The Kier molecular flexibility index (Phi) is 3.74. The molecule has 2 aliphatic rings. The molecule has 1 fully saturated rings. The number of benzene rings is 3. The van der Waals surface area contributed by atoms with Crippen LogP contribution < -0.4 is 4.74 Å². The predicted molar refractivity (Wildman–Crippen MR) is 115 cm³/mol. The average molecular weight is 420 g/mol. The Labute approximate surface area is 177 Å². The minimum absolute atomic E-state index is 0.226. The summed E-state index contributed by atoms with van der Waals surface area (Å²) in [6.45, 7) is 1.02. The van der Waals surface area contributed by atoms with Crippen molar-refractivity contribution >= 4 is 39.5 Å². The summed E-state index contributed by atoms with van der Waals surface area (Å²) in [6.07, 6.45) is 0.727. The lowest BCUT2D eigenvalue weighted by Gasteiger charge is -2.21. The third-order valence-electron chi connectivity index (χ3n) is 6.15. The van der Waals surface area contributed by atoms with Crippen LogP contribution in [0.5, 0.6) is 5.75 Å². The van der Waals surface area contributed by atoms with Gasteiger partial charge in [-0.1, -0.05) is 23.7 Å². The van der Waals surface area contributed by atoms with Crippen LogP contribution >= 0.6 is 11.6 Å². The van der Waals surface area contributed by atoms with Gasteiger partial charge in [0.1, 0.15) is 18.2 Å². The fraction of sp³-hybridized carbons (Fsp3) is 0.217. The highest BCUT2D eigenvalue weighted by Gasteiger charge is 2.32. The van der Waals surface area contributed by atoms with Crippen LogP contribution in [0, 0.1) is 0 Å². The van der Waals surface area contributed by atoms with E-state index in [9.17, 15) is 9.90 Å². The van der Waals surface area contributed by atoms with Crippen molar-refractivity contribution in [1.82, 2.24) is 14.9 Å². The highest BCUT2D eigenvalue weighted by atomic mass is 35.5. The molecule has 1 saturated heterocycles. The molecule has 3 aromatic carbocycles. The summed E-state index contributed by atoms with van der Waals surface area (Å²) in [6, 6.07) is 13.9. The van der Waals surface area contributed by atoms with Crippen LogP contribution in [-0.4, -0.2) is 32.6 Å². The first kappa shape index (κ1) is 17.6. The van der Waals surface area contributed by atoms with E-state index in [1.165, 1.54) is 4.90 Å². The molecule has 0 radical (unpaired) electrons. The Morgan fingerprint density at radius 1 is 1.20 bits per heavy atom. The Hall–Kier alpha value is -3.25. The number of carboxylic acid groups (broad SMARTS) is 1. The van der Waals surface area contributed by atoms with Gasteiger partial charge >= 0.3 is 6.09 Å². The standard InChI is InChI=1S/C23H18ClN3O3/c24-14-4-5-15-13(8-14)11-30-20-10-16-12(9-17(15)20)3-6-18-21(16)26-22(25-18)19-2-1-7-27(19)23(28)29/h3-6,8-10,19H,1-2,7,11H2,(H,25,26)(H,28,29). The van der Waals surface area contributed by atoms with E-state index >= 15 is 0 Å². The van der Waals surface area contributed by atoms with Gasteiger partial charge in [0, 0.05) is 22.5 Å². The van der Waals surface area contributed by atoms with Crippen molar-refractivity contribution in [3.8, 4) is 16.9 Å². The fourth-order valence-corrected chi connectivity index (χ4v) is 4.91. The van der Waals surface area contributed by atoms with E-state index in [2.05, 4.69) is 23.2 Å². The summed E-state index contributed by atoms with van der Waals surface area (Å²) in [4.78, 5) is 21.1. The molecule has 150 valence electrons. The number of amides is 1. The Balaban J connectivity index is 1.51. The van der Waals surface area contributed by atoms with Crippen LogP contribution in [-0.2, 0) is 6.61 Å². The number of likely N-dealkylation sites (tertiary alicyclic amines) is 1. The number of imidazole rings is 1. The van der Waals surface area contributed by atoms with Gasteiger partial charge in [-0.2, -0.15) is 0 Å². The van der Waals surface area contributed by atoms with Crippen LogP contribution in [0.15, 0.2) is 42.5 Å². The molecule has 2 N–H and O–H groups in total. The van der Waals surface area contributed by atoms with Crippen LogP contribution in [0.2, 0.25) is 5.02 Å². The molecule has 0 saturated carbocycles. The highest BCUT2D eigenvalue weighted by molar-refractivity contribution is 6.30. The molecule has 1 amide bonds. The molecule has 3 heterocycles. The minimum atomic E-state index is -0.899. The number of fused-ring (bicyclic) bond motifs is 6. The summed E-state index contributed by atoms with van der Waals surface area (Å²) in [5.41, 5.74) is 5.00. The van der Waals surface area contributed by atoms with Crippen LogP contribution in [0.3, 0.4) is 0 Å². The van der Waals surface area contributed by atoms with Gasteiger partial charge in [0.25, 0.3) is 0 Å². The molecule has 6 nitrogen and oxygen atoms in total. The normalized spacial score (nSPS) is 17.8. The molecule has 4 aromatic rings. The van der Waals surface area contributed by atoms with Gasteiger partial charge in [-0.3, -0.25) is 4.90 Å². The SMILES string of the molecule is O=C(O)N1CCCC1c1nc2ccc3cc4c(cc3c2[nH]1)OCc1cc(Cl)ccc1-4. The number of hydrogen-bond acceptors (Lipinski definition) is 3. The number of H-pyrrole nitrogens is 1. The van der Waals surface area contributed by atoms with Crippen molar-refractivity contribution in [2.75, 3.05) is 6.54 Å². The maximum Gasteiger partial charge on any atom is 0.407 e. The maximum absolute atomic E-state index is 11.6. The Morgan fingerprint density at radius 3 is 2.97 bits per heavy atom. The number of halogens is 1. The number of carbonyl (C=O) groups is 1. The van der Waals surface area contributed by atoms with Crippen LogP contribution in [0.1, 0.15) is 30.3 Å². The van der Waals surface area contributed by atoms with E-state index in [4.69, 9.17) is 21.3 Å². The fourth-order valence-electron chi connectivity index (χ4n) is 4.72. The summed E-state index contributed by atoms with van der Waals surface area (Å²) >= 11 is 6.14. The first-order chi connectivity index (χ1) is 14.6. The minimum Gasteiger partial charge on any atom is -0.488 e. The number of aromatic nitrogens is 2. The number of aromatic amines is 1. The molecule has 6 rings (SSSR count). The van der Waals surface area contributed by atoms with E-state index in [1.54, 1.807) is 0 Å². The maximum atomic E-state index is 11.6. The van der Waals surface area contributed by atoms with Crippen molar-refractivity contribution in [3.63, 3.8) is 0 Å². The first-order valence-corrected chi connectivity index (χ1v) is 10.3. The topological polar surface area (TPSA) is 78.5 Å². The summed E-state index contributed by atoms with van der Waals surface area (Å²) < 4.78 is 6.04. The van der Waals surface area contributed by atoms with E-state index in [0.717, 1.165) is 57.1 Å². The number of nitrogens with zero attached hydrogens (tertiary/aromatic N) is 2. The predicted octanol–water partition coefficient (Wildman–Crippen LogP) is 5.74.